The molecular formula is C34H56N2O12. The van der Waals surface area contributed by atoms with Crippen LogP contribution in [0.2, 0.25) is 0 Å². The van der Waals surface area contributed by atoms with Gasteiger partial charge in [-0.25, -0.2) is 9.59 Å². The van der Waals surface area contributed by atoms with E-state index >= 15 is 0 Å². The Bertz CT molecular complexity index is 1050. The van der Waals surface area contributed by atoms with Crippen molar-refractivity contribution in [2.45, 2.75) is 131 Å². The maximum absolute atomic E-state index is 13.0. The molecule has 0 aromatic heterocycles. The monoisotopic (exact) mass is 684 g/mol. The molecule has 0 rings (SSSR count). The Balaban J connectivity index is 7.29. The van der Waals surface area contributed by atoms with Crippen LogP contribution in [0.4, 0.5) is 0 Å². The van der Waals surface area contributed by atoms with Crippen LogP contribution in [0, 0.1) is 14.1 Å². The van der Waals surface area contributed by atoms with Crippen molar-refractivity contribution in [2.24, 2.45) is 0 Å². The zero-order valence-electron chi connectivity index (χ0n) is 29.8. The third-order valence-electron chi connectivity index (χ3n) is 6.66. The van der Waals surface area contributed by atoms with E-state index < -0.39 is 73.4 Å². The summed E-state index contributed by atoms with van der Waals surface area (Å²) in [6, 6.07) is 0. The number of quaternary nitrogens is 2. The zero-order chi connectivity index (χ0) is 36.8. The van der Waals surface area contributed by atoms with Gasteiger partial charge in [0.05, 0.1) is 0 Å². The Morgan fingerprint density at radius 2 is 0.771 bits per heavy atom. The third-order valence-corrected chi connectivity index (χ3v) is 6.66. The summed E-state index contributed by atoms with van der Waals surface area (Å²) >= 11 is 0. The van der Waals surface area contributed by atoms with Crippen molar-refractivity contribution in [1.82, 2.24) is 0 Å². The second kappa shape index (κ2) is 24.4. The molecular weight excluding hydrogens is 628 g/mol. The van der Waals surface area contributed by atoms with E-state index in [1.807, 2.05) is 0 Å². The number of esters is 6. The number of hydrogen-bond acceptors (Lipinski definition) is 12. The fourth-order valence-electron chi connectivity index (χ4n) is 4.25. The van der Waals surface area contributed by atoms with Gasteiger partial charge in [0.1, 0.15) is 13.2 Å². The van der Waals surface area contributed by atoms with Crippen molar-refractivity contribution in [3.8, 4) is 0 Å². The van der Waals surface area contributed by atoms with E-state index in [1.165, 1.54) is 10.6 Å². The lowest BCUT2D eigenvalue weighted by Gasteiger charge is -2.35. The van der Waals surface area contributed by atoms with Crippen molar-refractivity contribution in [3.63, 3.8) is 0 Å². The highest BCUT2D eigenvalue weighted by molar-refractivity contribution is 5.86. The van der Waals surface area contributed by atoms with Gasteiger partial charge >= 0.3 is 35.8 Å². The number of carbonyl (C=O) groups excluding carboxylic acids is 6. The molecule has 0 saturated carbocycles. The minimum absolute atomic E-state index is 0.0359. The topological polar surface area (TPSA) is 191 Å². The van der Waals surface area contributed by atoms with Crippen LogP contribution in [0.25, 0.3) is 0 Å². The Labute approximate surface area is 284 Å². The Kier molecular flexibility index (Phi) is 22.5. The van der Waals surface area contributed by atoms with Crippen molar-refractivity contribution >= 4 is 35.8 Å². The van der Waals surface area contributed by atoms with E-state index in [-0.39, 0.29) is 37.1 Å². The van der Waals surface area contributed by atoms with Crippen LogP contribution in [0.5, 0.6) is 0 Å². The van der Waals surface area contributed by atoms with Gasteiger partial charge in [0.25, 0.3) is 0 Å². The first-order valence-electron chi connectivity index (χ1n) is 16.4. The van der Waals surface area contributed by atoms with Crippen molar-refractivity contribution in [3.05, 3.63) is 36.6 Å². The summed E-state index contributed by atoms with van der Waals surface area (Å²) in [6.07, 6.45) is -5.06. The molecule has 0 aliphatic heterocycles. The van der Waals surface area contributed by atoms with Crippen molar-refractivity contribution < 1.29 is 67.8 Å². The molecule has 0 aliphatic carbocycles. The lowest BCUT2D eigenvalue weighted by Crippen LogP contribution is -2.77. The number of rotatable bonds is 23. The smallest absolute Gasteiger partial charge is 0.390 e. The number of nitrogens with two attached hydrogens (primary N) is 2. The summed E-state index contributed by atoms with van der Waals surface area (Å²) in [6.45, 7) is 12.4. The minimum Gasteiger partial charge on any atom is -0.455 e. The van der Waals surface area contributed by atoms with Gasteiger partial charge in [-0.15, -0.1) is 14.1 Å². The van der Waals surface area contributed by atoms with Gasteiger partial charge in [0.2, 0.25) is 0 Å². The van der Waals surface area contributed by atoms with Crippen LogP contribution in [0.15, 0.2) is 22.5 Å². The van der Waals surface area contributed by atoms with Crippen LogP contribution >= 0.6 is 0 Å². The van der Waals surface area contributed by atoms with Crippen molar-refractivity contribution in [2.75, 3.05) is 13.2 Å². The minimum atomic E-state index is -1.67. The number of hydrogen-bond donors (Lipinski definition) is 2. The molecule has 14 nitrogen and oxygen atoms in total. The molecule has 0 heterocycles. The van der Waals surface area contributed by atoms with Crippen LogP contribution in [-0.2, 0) is 57.2 Å². The third kappa shape index (κ3) is 16.4. The van der Waals surface area contributed by atoms with Gasteiger partial charge in [-0.2, -0.15) is 0 Å². The summed E-state index contributed by atoms with van der Waals surface area (Å²) < 4.78 is 34.0. The van der Waals surface area contributed by atoms with E-state index in [9.17, 15) is 28.8 Å². The molecule has 0 amide bonds. The van der Waals surface area contributed by atoms with Crippen LogP contribution in [0.3, 0.4) is 0 Å². The lowest BCUT2D eigenvalue weighted by atomic mass is 10.0. The molecule has 0 bridgehead atoms. The lowest BCUT2D eigenvalue weighted by molar-refractivity contribution is -0.539. The zero-order valence-corrected chi connectivity index (χ0v) is 29.8. The maximum atomic E-state index is 13.0. The summed E-state index contributed by atoms with van der Waals surface area (Å²) in [4.78, 5) is 77.8. The highest BCUT2D eigenvalue weighted by atomic mass is 16.6. The second-order valence-electron chi connectivity index (χ2n) is 11.4. The van der Waals surface area contributed by atoms with E-state index in [0.29, 0.717) is 36.8 Å². The fraction of sp³-hybridized carbons (Fsp3) is 0.647. The SMILES string of the molecule is [CH2-][NH2+]C(C(=O)OC[C@@H](OC(=O)CCC)[C@@H](OC(=O)CCC)[C@H](OC(=O)CCC)[C@@H](COC(=O)C([NH2+][CH2-])=C(C)C)OC(=O)CCC)=C(C)C. The summed E-state index contributed by atoms with van der Waals surface area (Å²) in [5.41, 5.74) is 1.53. The fourth-order valence-corrected chi connectivity index (χ4v) is 4.25. The molecule has 0 radical (unpaired) electrons. The molecule has 0 fully saturated rings. The molecule has 0 spiro atoms. The predicted molar refractivity (Wildman–Crippen MR) is 172 cm³/mol. The standard InChI is InChI=1S/C34H56N2O12/c1-11-15-25(37)45-23(19-43-33(41)29(35-9)21(5)6)31(47-27(39)17-13-3)32(48-28(40)18-14-4)24(46-26(38)16-12-2)20-44-34(42)30(36-10)22(7)8/h23-24,31-32H,9-20,35-36H2,1-8H3/t23-,24-,31-,32-/m1/s1. The van der Waals surface area contributed by atoms with Gasteiger partial charge in [-0.3, -0.25) is 19.2 Å². The van der Waals surface area contributed by atoms with Gasteiger partial charge < -0.3 is 39.1 Å². The summed E-state index contributed by atoms with van der Waals surface area (Å²) in [5.74, 6) is -4.54. The highest BCUT2D eigenvalue weighted by Crippen LogP contribution is 2.23. The molecule has 274 valence electrons. The average molecular weight is 685 g/mol. The predicted octanol–water partition coefficient (Wildman–Crippen LogP) is 2.22. The average Bonchev–Trinajstić information content (AvgIpc) is 3.00. The number of carbonyl (C=O) groups is 6. The molecule has 0 aromatic rings. The molecule has 0 saturated heterocycles. The maximum Gasteiger partial charge on any atom is 0.390 e. The van der Waals surface area contributed by atoms with Crippen LogP contribution in [-0.4, -0.2) is 73.4 Å². The highest BCUT2D eigenvalue weighted by Gasteiger charge is 2.45. The quantitative estimate of drug-likeness (QED) is 0.0692. The summed E-state index contributed by atoms with van der Waals surface area (Å²) in [7, 11) is 7.27. The molecule has 0 unspecified atom stereocenters. The van der Waals surface area contributed by atoms with E-state index in [1.54, 1.807) is 55.4 Å². The van der Waals surface area contributed by atoms with Gasteiger partial charge in [0.15, 0.2) is 35.8 Å². The van der Waals surface area contributed by atoms with E-state index in [2.05, 4.69) is 14.1 Å². The van der Waals surface area contributed by atoms with E-state index in [4.69, 9.17) is 28.4 Å². The van der Waals surface area contributed by atoms with Crippen LogP contribution in [0.1, 0.15) is 107 Å². The molecule has 0 aromatic carbocycles. The van der Waals surface area contributed by atoms with Crippen LogP contribution < -0.4 is 10.6 Å². The largest absolute Gasteiger partial charge is 0.455 e. The Morgan fingerprint density at radius 1 is 0.500 bits per heavy atom. The Hall–Kier alpha value is -3.78. The molecule has 4 atom stereocenters. The first-order valence-corrected chi connectivity index (χ1v) is 16.4. The molecule has 0 aliphatic rings. The second-order valence-corrected chi connectivity index (χ2v) is 11.4. The van der Waals surface area contributed by atoms with Gasteiger partial charge in [-0.05, 0) is 64.5 Å². The first kappa shape index (κ1) is 44.2. The number of ether oxygens (including phenoxy) is 6. The van der Waals surface area contributed by atoms with Gasteiger partial charge in [-0.1, -0.05) is 27.7 Å². The Morgan fingerprint density at radius 3 is 1.00 bits per heavy atom. The number of allylic oxidation sites excluding steroid dienone is 2. The van der Waals surface area contributed by atoms with Crippen molar-refractivity contribution in [1.29, 1.82) is 0 Å². The normalized spacial score (nSPS) is 13.1. The molecule has 4 N–H and O–H groups in total. The molecule has 14 heteroatoms. The first-order chi connectivity index (χ1) is 22.7. The molecule has 48 heavy (non-hydrogen) atoms. The van der Waals surface area contributed by atoms with Gasteiger partial charge in [0, 0.05) is 25.7 Å². The summed E-state index contributed by atoms with van der Waals surface area (Å²) in [5, 5.41) is 2.62. The van der Waals surface area contributed by atoms with E-state index in [0.717, 1.165) is 0 Å².